The van der Waals surface area contributed by atoms with Gasteiger partial charge < -0.3 is 14.2 Å². The van der Waals surface area contributed by atoms with Gasteiger partial charge in [-0.25, -0.2) is 14.2 Å². The Hall–Kier alpha value is -2.97. The van der Waals surface area contributed by atoms with Crippen molar-refractivity contribution in [2.75, 3.05) is 7.11 Å². The predicted octanol–water partition coefficient (Wildman–Crippen LogP) is 6.28. The first kappa shape index (κ1) is 22.2. The minimum Gasteiger partial charge on any atom is -0.493 e. The fourth-order valence-corrected chi connectivity index (χ4v) is 4.08. The van der Waals surface area contributed by atoms with Crippen LogP contribution in [0.25, 0.3) is 6.08 Å². The Balaban J connectivity index is 1.59. The van der Waals surface area contributed by atoms with E-state index in [1.165, 1.54) is 25.3 Å². The molecule has 0 radical (unpaired) electrons. The Kier molecular flexibility index (Phi) is 6.72. The molecule has 4 rings (SSSR count). The number of aliphatic imine (C=N–C) groups is 1. The molecule has 3 aromatic carbocycles. The number of benzene rings is 3. The molecular formula is C24H16Br2FNO4. The van der Waals surface area contributed by atoms with E-state index in [9.17, 15) is 9.18 Å². The normalized spacial score (nSPS) is 14.3. The van der Waals surface area contributed by atoms with Crippen LogP contribution in [-0.4, -0.2) is 19.0 Å². The molecule has 0 saturated carbocycles. The Morgan fingerprint density at radius 2 is 1.91 bits per heavy atom. The van der Waals surface area contributed by atoms with Crippen molar-refractivity contribution in [3.05, 3.63) is 97.8 Å². The van der Waals surface area contributed by atoms with E-state index in [-0.39, 0.29) is 11.6 Å². The van der Waals surface area contributed by atoms with Gasteiger partial charge in [-0.1, -0.05) is 34.1 Å². The second-order valence-electron chi connectivity index (χ2n) is 6.80. The van der Waals surface area contributed by atoms with Crippen molar-refractivity contribution in [3.63, 3.8) is 0 Å². The number of cyclic esters (lactones) is 1. The topological polar surface area (TPSA) is 57.1 Å². The van der Waals surface area contributed by atoms with Crippen molar-refractivity contribution in [1.29, 1.82) is 0 Å². The first-order valence-electron chi connectivity index (χ1n) is 9.46. The molecule has 1 aliphatic heterocycles. The third kappa shape index (κ3) is 5.08. The van der Waals surface area contributed by atoms with Crippen LogP contribution in [0.3, 0.4) is 0 Å². The van der Waals surface area contributed by atoms with Gasteiger partial charge in [0.05, 0.1) is 11.6 Å². The lowest BCUT2D eigenvalue weighted by Crippen LogP contribution is -2.05. The molecule has 0 aliphatic carbocycles. The minimum absolute atomic E-state index is 0.0563. The number of carbonyl (C=O) groups is 1. The molecule has 1 heterocycles. The van der Waals surface area contributed by atoms with Gasteiger partial charge >= 0.3 is 5.97 Å². The van der Waals surface area contributed by atoms with Crippen molar-refractivity contribution >= 4 is 49.8 Å². The smallest absolute Gasteiger partial charge is 0.363 e. The lowest BCUT2D eigenvalue weighted by molar-refractivity contribution is -0.129. The largest absolute Gasteiger partial charge is 0.493 e. The average Bonchev–Trinajstić information content (AvgIpc) is 3.13. The first-order valence-corrected chi connectivity index (χ1v) is 11.0. The molecule has 0 aromatic heterocycles. The highest BCUT2D eigenvalue weighted by atomic mass is 79.9. The molecule has 0 unspecified atom stereocenters. The number of nitrogens with zero attached hydrogens (tertiary/aromatic N) is 1. The molecule has 0 bridgehead atoms. The molecular weight excluding hydrogens is 545 g/mol. The van der Waals surface area contributed by atoms with E-state index in [4.69, 9.17) is 14.2 Å². The van der Waals surface area contributed by atoms with Crippen LogP contribution in [0.15, 0.2) is 80.3 Å². The fourth-order valence-electron chi connectivity index (χ4n) is 3.06. The van der Waals surface area contributed by atoms with Gasteiger partial charge in [0.2, 0.25) is 5.90 Å². The van der Waals surface area contributed by atoms with Gasteiger partial charge in [-0.2, -0.15) is 0 Å². The second-order valence-corrected chi connectivity index (χ2v) is 8.57. The summed E-state index contributed by atoms with van der Waals surface area (Å²) in [7, 11) is 1.54. The van der Waals surface area contributed by atoms with Crippen LogP contribution in [0.4, 0.5) is 4.39 Å². The number of rotatable bonds is 6. The van der Waals surface area contributed by atoms with Gasteiger partial charge in [0.15, 0.2) is 17.2 Å². The van der Waals surface area contributed by atoms with E-state index in [2.05, 4.69) is 36.9 Å². The average molecular weight is 561 g/mol. The second kappa shape index (κ2) is 9.67. The number of esters is 1. The number of halogens is 3. The standard InChI is InChI=1S/C24H16Br2FNO4/c1-30-21-11-15(9-19(26)22(21)31-13-14-4-2-6-17(25)8-14)10-20-24(29)32-23(28-20)16-5-3-7-18(27)12-16/h2-12H,13H2,1H3/b20-10-. The zero-order valence-corrected chi connectivity index (χ0v) is 19.9. The molecule has 3 aromatic rings. The van der Waals surface area contributed by atoms with Crippen molar-refractivity contribution in [3.8, 4) is 11.5 Å². The molecule has 32 heavy (non-hydrogen) atoms. The van der Waals surface area contributed by atoms with E-state index in [0.717, 1.165) is 10.0 Å². The van der Waals surface area contributed by atoms with Crippen molar-refractivity contribution < 1.29 is 23.4 Å². The molecule has 1 aliphatic rings. The summed E-state index contributed by atoms with van der Waals surface area (Å²) in [5, 5.41) is 0. The van der Waals surface area contributed by atoms with E-state index in [1.54, 1.807) is 24.3 Å². The van der Waals surface area contributed by atoms with Crippen LogP contribution in [0.2, 0.25) is 0 Å². The quantitative estimate of drug-likeness (QED) is 0.263. The maximum atomic E-state index is 13.5. The molecule has 0 amide bonds. The summed E-state index contributed by atoms with van der Waals surface area (Å²) in [5.74, 6) is 0.0235. The summed E-state index contributed by atoms with van der Waals surface area (Å²) in [6.45, 7) is 0.350. The van der Waals surface area contributed by atoms with Crippen LogP contribution in [-0.2, 0) is 16.1 Å². The predicted molar refractivity (Wildman–Crippen MR) is 126 cm³/mol. The van der Waals surface area contributed by atoms with Crippen LogP contribution >= 0.6 is 31.9 Å². The van der Waals surface area contributed by atoms with E-state index in [0.29, 0.717) is 33.7 Å². The summed E-state index contributed by atoms with van der Waals surface area (Å²) in [6.07, 6.45) is 1.57. The maximum absolute atomic E-state index is 13.5. The monoisotopic (exact) mass is 559 g/mol. The molecule has 0 saturated heterocycles. The first-order chi connectivity index (χ1) is 15.4. The SMILES string of the molecule is COc1cc(/C=C2\N=C(c3cccc(F)c3)OC2=O)cc(Br)c1OCc1cccc(Br)c1. The minimum atomic E-state index is -0.616. The van der Waals surface area contributed by atoms with Gasteiger partial charge in [-0.05, 0) is 75.6 Å². The number of ether oxygens (including phenoxy) is 3. The van der Waals surface area contributed by atoms with Gasteiger partial charge in [0, 0.05) is 10.0 Å². The van der Waals surface area contributed by atoms with Gasteiger partial charge in [0.1, 0.15) is 12.4 Å². The van der Waals surface area contributed by atoms with Gasteiger partial charge in [-0.3, -0.25) is 0 Å². The molecule has 162 valence electrons. The highest BCUT2D eigenvalue weighted by Crippen LogP contribution is 2.38. The summed E-state index contributed by atoms with van der Waals surface area (Å²) in [4.78, 5) is 16.5. The molecule has 8 heteroatoms. The lowest BCUT2D eigenvalue weighted by Gasteiger charge is -2.14. The van der Waals surface area contributed by atoms with E-state index in [1.807, 2.05) is 24.3 Å². The lowest BCUT2D eigenvalue weighted by atomic mass is 10.1. The van der Waals surface area contributed by atoms with Crippen LogP contribution in [0.5, 0.6) is 11.5 Å². The van der Waals surface area contributed by atoms with Crippen molar-refractivity contribution in [1.82, 2.24) is 0 Å². The Morgan fingerprint density at radius 1 is 1.09 bits per heavy atom. The number of methoxy groups -OCH3 is 1. The highest BCUT2D eigenvalue weighted by molar-refractivity contribution is 9.10. The van der Waals surface area contributed by atoms with E-state index >= 15 is 0 Å². The summed E-state index contributed by atoms with van der Waals surface area (Å²) < 4.78 is 31.7. The molecule has 0 fully saturated rings. The Bertz CT molecular complexity index is 1260. The number of carbonyl (C=O) groups excluding carboxylic acids is 1. The molecule has 0 atom stereocenters. The molecule has 0 spiro atoms. The van der Waals surface area contributed by atoms with Crippen LogP contribution in [0, 0.1) is 5.82 Å². The zero-order valence-electron chi connectivity index (χ0n) is 16.8. The number of hydrogen-bond donors (Lipinski definition) is 0. The Morgan fingerprint density at radius 3 is 2.66 bits per heavy atom. The van der Waals surface area contributed by atoms with E-state index < -0.39 is 11.8 Å². The third-order valence-electron chi connectivity index (χ3n) is 4.52. The summed E-state index contributed by atoms with van der Waals surface area (Å²) in [6, 6.07) is 17.0. The maximum Gasteiger partial charge on any atom is 0.363 e. The van der Waals surface area contributed by atoms with Gasteiger partial charge in [0.25, 0.3) is 0 Å². The summed E-state index contributed by atoms with van der Waals surface area (Å²) >= 11 is 6.96. The number of hydrogen-bond acceptors (Lipinski definition) is 5. The zero-order chi connectivity index (χ0) is 22.7. The Labute approximate surface area is 200 Å². The van der Waals surface area contributed by atoms with Crippen LogP contribution in [0.1, 0.15) is 16.7 Å². The molecule has 5 nitrogen and oxygen atoms in total. The van der Waals surface area contributed by atoms with Crippen molar-refractivity contribution in [2.45, 2.75) is 6.61 Å². The molecule has 0 N–H and O–H groups in total. The summed E-state index contributed by atoms with van der Waals surface area (Å²) in [5.41, 5.74) is 2.13. The van der Waals surface area contributed by atoms with Crippen LogP contribution < -0.4 is 9.47 Å². The highest BCUT2D eigenvalue weighted by Gasteiger charge is 2.24. The van der Waals surface area contributed by atoms with Crippen molar-refractivity contribution in [2.24, 2.45) is 4.99 Å². The van der Waals surface area contributed by atoms with Gasteiger partial charge in [-0.15, -0.1) is 0 Å². The fraction of sp³-hybridized carbons (Fsp3) is 0.0833. The third-order valence-corrected chi connectivity index (χ3v) is 5.60.